The lowest BCUT2D eigenvalue weighted by Crippen LogP contribution is -2.30. The predicted octanol–water partition coefficient (Wildman–Crippen LogP) is 3.68. The summed E-state index contributed by atoms with van der Waals surface area (Å²) in [6.45, 7) is 0. The van der Waals surface area contributed by atoms with E-state index in [1.165, 1.54) is 30.3 Å². The second-order valence-electron chi connectivity index (χ2n) is 5.34. The highest BCUT2D eigenvalue weighted by Gasteiger charge is 2.24. The Labute approximate surface area is 162 Å². The number of hydrogen-bond acceptors (Lipinski definition) is 7. The highest BCUT2D eigenvalue weighted by Crippen LogP contribution is 2.31. The fourth-order valence-electron chi connectivity index (χ4n) is 2.25. The monoisotopic (exact) mass is 402 g/mol. The lowest BCUT2D eigenvalue weighted by Gasteiger charge is -2.11. The molecule has 0 fully saturated rings. The molecule has 1 aromatic heterocycles. The van der Waals surface area contributed by atoms with Crippen LogP contribution < -0.4 is 16.2 Å². The summed E-state index contributed by atoms with van der Waals surface area (Å²) in [5, 5.41) is 14.3. The van der Waals surface area contributed by atoms with E-state index < -0.39 is 22.3 Å². The number of nitro groups is 1. The summed E-state index contributed by atoms with van der Waals surface area (Å²) in [6.07, 6.45) is 1.03. The smallest absolute Gasteiger partial charge is 0.332 e. The van der Waals surface area contributed by atoms with Gasteiger partial charge in [-0.25, -0.2) is 14.4 Å². The Kier molecular flexibility index (Phi) is 5.61. The second kappa shape index (κ2) is 8.27. The van der Waals surface area contributed by atoms with Crippen molar-refractivity contribution >= 4 is 40.5 Å². The minimum absolute atomic E-state index is 0.00430. The van der Waals surface area contributed by atoms with Crippen LogP contribution in [0.1, 0.15) is 10.4 Å². The summed E-state index contributed by atoms with van der Waals surface area (Å²) in [5.41, 5.74) is 4.24. The lowest BCUT2D eigenvalue weighted by molar-refractivity contribution is -0.383. The number of benzene rings is 2. The summed E-state index contributed by atoms with van der Waals surface area (Å²) in [5.74, 6) is -1.78. The molecule has 0 atom stereocenters. The van der Waals surface area contributed by atoms with Crippen LogP contribution in [0.4, 0.5) is 27.4 Å². The zero-order chi connectivity index (χ0) is 20.1. The average molecular weight is 403 g/mol. The molecule has 3 rings (SSSR count). The van der Waals surface area contributed by atoms with Crippen LogP contribution in [0.3, 0.4) is 0 Å². The number of halogens is 2. The first-order chi connectivity index (χ1) is 13.5. The minimum Gasteiger partial charge on any atom is -0.332 e. The van der Waals surface area contributed by atoms with Crippen LogP contribution in [0, 0.1) is 15.9 Å². The molecule has 0 aliphatic rings. The number of carbonyl (C=O) groups is 1. The normalized spacial score (nSPS) is 10.2. The molecule has 1 heterocycles. The van der Waals surface area contributed by atoms with Gasteiger partial charge in [0.15, 0.2) is 0 Å². The SMILES string of the molecule is O=C(NNc1ncnc(Nc2ccccc2F)c1[N+](=O)[O-])c1ccccc1Cl. The van der Waals surface area contributed by atoms with Crippen molar-refractivity contribution in [1.82, 2.24) is 15.4 Å². The Hall–Kier alpha value is -3.79. The molecule has 1 amide bonds. The number of nitrogens with one attached hydrogen (secondary N) is 3. The Morgan fingerprint density at radius 1 is 1.07 bits per heavy atom. The molecule has 0 unspecified atom stereocenters. The molecular formula is C17H12ClFN6O3. The van der Waals surface area contributed by atoms with E-state index in [9.17, 15) is 19.3 Å². The minimum atomic E-state index is -0.757. The molecule has 28 heavy (non-hydrogen) atoms. The first kappa shape index (κ1) is 19.0. The Morgan fingerprint density at radius 3 is 2.46 bits per heavy atom. The van der Waals surface area contributed by atoms with Crippen molar-refractivity contribution in [3.63, 3.8) is 0 Å². The molecule has 142 valence electrons. The Morgan fingerprint density at radius 2 is 1.75 bits per heavy atom. The molecule has 0 bridgehead atoms. The second-order valence-corrected chi connectivity index (χ2v) is 5.75. The molecular weight excluding hydrogens is 391 g/mol. The van der Waals surface area contributed by atoms with Gasteiger partial charge in [0.05, 0.1) is 21.2 Å². The van der Waals surface area contributed by atoms with Crippen LogP contribution in [-0.2, 0) is 0 Å². The van der Waals surface area contributed by atoms with Crippen LogP contribution in [0.2, 0.25) is 5.02 Å². The van der Waals surface area contributed by atoms with Crippen molar-refractivity contribution in [3.05, 3.63) is 81.4 Å². The highest BCUT2D eigenvalue weighted by molar-refractivity contribution is 6.33. The van der Waals surface area contributed by atoms with Crippen LogP contribution in [0.15, 0.2) is 54.9 Å². The summed E-state index contributed by atoms with van der Waals surface area (Å²) in [4.78, 5) is 30.5. The first-order valence-corrected chi connectivity index (χ1v) is 8.17. The standard InChI is InChI=1S/C17H12ClFN6O3/c18-11-6-2-1-5-10(11)17(26)24-23-16-14(25(27)28)15(20-9-21-16)22-13-8-4-3-7-12(13)19/h1-9H,(H,24,26)(H2,20,21,22,23). The number of nitrogens with zero attached hydrogens (tertiary/aromatic N) is 3. The van der Waals surface area contributed by atoms with Gasteiger partial charge in [0.2, 0.25) is 11.6 Å². The molecule has 0 aliphatic carbocycles. The van der Waals surface area contributed by atoms with Crippen molar-refractivity contribution in [3.8, 4) is 0 Å². The molecule has 0 spiro atoms. The summed E-state index contributed by atoms with van der Waals surface area (Å²) < 4.78 is 13.8. The molecule has 0 saturated heterocycles. The summed E-state index contributed by atoms with van der Waals surface area (Å²) in [7, 11) is 0. The molecule has 9 nitrogen and oxygen atoms in total. The highest BCUT2D eigenvalue weighted by atomic mass is 35.5. The zero-order valence-corrected chi connectivity index (χ0v) is 14.8. The Bertz CT molecular complexity index is 1050. The molecule has 2 aromatic carbocycles. The van der Waals surface area contributed by atoms with E-state index in [0.717, 1.165) is 6.33 Å². The number of anilines is 3. The molecule has 0 saturated carbocycles. The van der Waals surface area contributed by atoms with E-state index in [1.807, 2.05) is 0 Å². The third-order valence-electron chi connectivity index (χ3n) is 3.54. The van der Waals surface area contributed by atoms with Crippen LogP contribution in [0.5, 0.6) is 0 Å². The fourth-order valence-corrected chi connectivity index (χ4v) is 2.48. The van der Waals surface area contributed by atoms with Gasteiger partial charge in [0.25, 0.3) is 5.91 Å². The third kappa shape index (κ3) is 4.13. The van der Waals surface area contributed by atoms with Gasteiger partial charge >= 0.3 is 5.69 Å². The Balaban J connectivity index is 1.85. The van der Waals surface area contributed by atoms with Gasteiger partial charge in [-0.3, -0.25) is 25.8 Å². The van der Waals surface area contributed by atoms with E-state index in [1.54, 1.807) is 18.2 Å². The van der Waals surface area contributed by atoms with Crippen molar-refractivity contribution < 1.29 is 14.1 Å². The number of carbonyl (C=O) groups excluding carboxylic acids is 1. The zero-order valence-electron chi connectivity index (χ0n) is 14.0. The van der Waals surface area contributed by atoms with Crippen LogP contribution in [-0.4, -0.2) is 20.8 Å². The molecule has 3 N–H and O–H groups in total. The van der Waals surface area contributed by atoms with Gasteiger partial charge in [0.1, 0.15) is 12.1 Å². The van der Waals surface area contributed by atoms with Gasteiger partial charge in [0, 0.05) is 0 Å². The van der Waals surface area contributed by atoms with Gasteiger partial charge in [-0.15, -0.1) is 0 Å². The largest absolute Gasteiger partial charge is 0.355 e. The maximum Gasteiger partial charge on any atom is 0.355 e. The van der Waals surface area contributed by atoms with Gasteiger partial charge in [-0.1, -0.05) is 35.9 Å². The average Bonchev–Trinajstić information content (AvgIpc) is 2.68. The van der Waals surface area contributed by atoms with E-state index in [2.05, 4.69) is 26.1 Å². The van der Waals surface area contributed by atoms with Gasteiger partial charge in [-0.2, -0.15) is 0 Å². The van der Waals surface area contributed by atoms with Crippen LogP contribution in [0.25, 0.3) is 0 Å². The lowest BCUT2D eigenvalue weighted by atomic mass is 10.2. The van der Waals surface area contributed by atoms with Crippen LogP contribution >= 0.6 is 11.6 Å². The number of hydrazine groups is 1. The number of aromatic nitrogens is 2. The topological polar surface area (TPSA) is 122 Å². The van der Waals surface area contributed by atoms with Crippen molar-refractivity contribution in [1.29, 1.82) is 0 Å². The predicted molar refractivity (Wildman–Crippen MR) is 101 cm³/mol. The maximum atomic E-state index is 13.8. The summed E-state index contributed by atoms with van der Waals surface area (Å²) >= 11 is 5.94. The van der Waals surface area contributed by atoms with Crippen molar-refractivity contribution in [2.45, 2.75) is 0 Å². The third-order valence-corrected chi connectivity index (χ3v) is 3.87. The van der Waals surface area contributed by atoms with E-state index in [4.69, 9.17) is 11.6 Å². The maximum absolute atomic E-state index is 13.8. The first-order valence-electron chi connectivity index (χ1n) is 7.79. The summed E-state index contributed by atoms with van der Waals surface area (Å²) in [6, 6.07) is 11.9. The van der Waals surface area contributed by atoms with Gasteiger partial charge in [-0.05, 0) is 24.3 Å². The molecule has 11 heteroatoms. The van der Waals surface area contributed by atoms with Crippen molar-refractivity contribution in [2.75, 3.05) is 10.7 Å². The van der Waals surface area contributed by atoms with E-state index in [0.29, 0.717) is 0 Å². The number of amides is 1. The van der Waals surface area contributed by atoms with Gasteiger partial charge < -0.3 is 5.32 Å². The molecule has 3 aromatic rings. The quantitative estimate of drug-likeness (QED) is 0.424. The molecule has 0 aliphatic heterocycles. The van der Waals surface area contributed by atoms with Crippen molar-refractivity contribution in [2.24, 2.45) is 0 Å². The number of para-hydroxylation sites is 1. The number of rotatable bonds is 6. The van der Waals surface area contributed by atoms with E-state index in [-0.39, 0.29) is 27.9 Å². The fraction of sp³-hybridized carbons (Fsp3) is 0. The number of hydrogen-bond donors (Lipinski definition) is 3. The van der Waals surface area contributed by atoms with E-state index >= 15 is 0 Å². The molecule has 0 radical (unpaired) electrons.